The molecular weight excluding hydrogens is 1110 g/mol. The lowest BCUT2D eigenvalue weighted by atomic mass is 9.95. The van der Waals surface area contributed by atoms with Gasteiger partial charge in [-0.3, -0.25) is 47.9 Å². The molecule has 0 radical (unpaired) electrons. The van der Waals surface area contributed by atoms with Crippen LogP contribution in [0.3, 0.4) is 0 Å². The fourth-order valence-electron chi connectivity index (χ4n) is 12.3. The van der Waals surface area contributed by atoms with E-state index in [1.54, 1.807) is 51.1 Å². The number of amides is 10. The number of phenolic OH excluding ortho intramolecular Hbond substituents is 1. The fourth-order valence-corrected chi connectivity index (χ4v) is 12.3. The van der Waals surface area contributed by atoms with E-state index in [2.05, 4.69) is 26.6 Å². The molecule has 5 aliphatic rings. The largest absolute Gasteiger partial charge is 0.508 e. The van der Waals surface area contributed by atoms with Crippen LogP contribution in [0, 0.1) is 23.7 Å². The highest BCUT2D eigenvalue weighted by Crippen LogP contribution is 2.32. The number of hydrogen-bond donors (Lipinski definition) is 8. The molecule has 8 N–H and O–H groups in total. The Morgan fingerprint density at radius 3 is 1.91 bits per heavy atom. The maximum Gasteiger partial charge on any atom is 0.328 e. The molecule has 25 nitrogen and oxygen atoms in total. The summed E-state index contributed by atoms with van der Waals surface area (Å²) in [4.78, 5) is 166. The van der Waals surface area contributed by atoms with E-state index in [9.17, 15) is 63.3 Å². The van der Waals surface area contributed by atoms with Crippen LogP contribution < -0.4 is 26.6 Å². The van der Waals surface area contributed by atoms with E-state index < -0.39 is 151 Å². The molecule has 25 heteroatoms. The Morgan fingerprint density at radius 2 is 1.28 bits per heavy atom. The third kappa shape index (κ3) is 15.8. The van der Waals surface area contributed by atoms with Crippen LogP contribution in [-0.4, -0.2) is 218 Å². The van der Waals surface area contributed by atoms with Crippen LogP contribution in [0.1, 0.15) is 105 Å². The number of likely N-dealkylation sites (N-methyl/N-ethyl adjacent to an activating group) is 1. The number of cyclic esters (lactones) is 1. The summed E-state index contributed by atoms with van der Waals surface area (Å²) >= 11 is 0. The first-order chi connectivity index (χ1) is 40.8. The van der Waals surface area contributed by atoms with Crippen molar-refractivity contribution in [2.24, 2.45) is 23.7 Å². The van der Waals surface area contributed by atoms with E-state index in [-0.39, 0.29) is 94.6 Å². The fraction of sp³-hybridized carbons (Fsp3) is 0.623. The van der Waals surface area contributed by atoms with Crippen molar-refractivity contribution in [3.8, 4) is 5.75 Å². The number of phenols is 1. The number of aromatic hydroxyl groups is 1. The van der Waals surface area contributed by atoms with Crippen molar-refractivity contribution in [3.63, 3.8) is 0 Å². The van der Waals surface area contributed by atoms with Crippen molar-refractivity contribution in [2.75, 3.05) is 46.4 Å². The van der Waals surface area contributed by atoms with E-state index in [1.807, 2.05) is 20.8 Å². The molecule has 0 aliphatic carbocycles. The predicted octanol–water partition coefficient (Wildman–Crippen LogP) is -0.484. The van der Waals surface area contributed by atoms with Gasteiger partial charge in [0.15, 0.2) is 0 Å². The zero-order valence-corrected chi connectivity index (χ0v) is 50.4. The maximum atomic E-state index is 15.2. The minimum absolute atomic E-state index is 0.00900. The standard InChI is InChI=1S/C61H86N10O15/c1-9-36(6)51-56(80)63-43(25-39-17-19-40(74)20-18-39)52(76)64-44(31-72)57(81)68-21-13-16-46(68)59(83)71-30-41(75)27-49(71)60(84)70-29-35(5)24-50(70)61(85)86-32-45(65-54(78)47(67(8)37(7)73)26-38-14-11-10-12-15-38)58(82)69-28-34(4)23-48(69)55(79)62-42(22-33(2)3)53(77)66-51/h10-12,14-15,17-20,33-36,41-51,72,74-75H,9,13,16,21-32H2,1-8H3,(H,62,79)(H,63,80)(H,64,76)(H,65,78)(H,66,77)/t34-,35-,36-,41+,42+,43-,44+,45-,46-,47-,48-,49-,50-,51-/m0/s1. The molecule has 0 saturated carbocycles. The van der Waals surface area contributed by atoms with Gasteiger partial charge in [0.25, 0.3) is 0 Å². The van der Waals surface area contributed by atoms with Gasteiger partial charge in [0.05, 0.1) is 12.7 Å². The average Bonchev–Trinajstić information content (AvgIpc) is 2.07. The first-order valence-electron chi connectivity index (χ1n) is 30.0. The Bertz CT molecular complexity index is 2820. The Balaban J connectivity index is 1.28. The normalized spacial score (nSPS) is 29.3. The molecule has 7 rings (SSSR count). The highest BCUT2D eigenvalue weighted by molar-refractivity contribution is 6.00. The van der Waals surface area contributed by atoms with Gasteiger partial charge in [0, 0.05) is 59.4 Å². The van der Waals surface area contributed by atoms with Crippen molar-refractivity contribution in [2.45, 2.75) is 173 Å². The number of carbonyl (C=O) groups is 11. The van der Waals surface area contributed by atoms with Crippen molar-refractivity contribution >= 4 is 65.0 Å². The van der Waals surface area contributed by atoms with Gasteiger partial charge in [-0.1, -0.05) is 90.4 Å². The lowest BCUT2D eigenvalue weighted by Crippen LogP contribution is -2.62. The van der Waals surface area contributed by atoms with Gasteiger partial charge in [-0.2, -0.15) is 0 Å². The van der Waals surface area contributed by atoms with Crippen LogP contribution >= 0.6 is 0 Å². The Hall–Kier alpha value is -7.67. The van der Waals surface area contributed by atoms with Crippen molar-refractivity contribution in [1.29, 1.82) is 0 Å². The zero-order chi connectivity index (χ0) is 62.8. The van der Waals surface area contributed by atoms with Crippen LogP contribution in [0.5, 0.6) is 5.75 Å². The molecule has 0 spiro atoms. The molecule has 5 fully saturated rings. The first-order valence-corrected chi connectivity index (χ1v) is 30.0. The number of nitrogens with zero attached hydrogens (tertiary/aromatic N) is 5. The van der Waals surface area contributed by atoms with Gasteiger partial charge in [-0.05, 0) is 79.0 Å². The lowest BCUT2D eigenvalue weighted by Gasteiger charge is -2.35. The lowest BCUT2D eigenvalue weighted by molar-refractivity contribution is -0.158. The minimum atomic E-state index is -1.68. The monoisotopic (exact) mass is 1200 g/mol. The molecule has 470 valence electrons. The van der Waals surface area contributed by atoms with Crippen LogP contribution in [0.4, 0.5) is 0 Å². The number of benzene rings is 2. The summed E-state index contributed by atoms with van der Waals surface area (Å²) in [6.07, 6.45) is -0.542. The summed E-state index contributed by atoms with van der Waals surface area (Å²) in [6, 6.07) is 1.06. The number of ether oxygens (including phenoxy) is 1. The van der Waals surface area contributed by atoms with Crippen LogP contribution in [-0.2, 0) is 70.3 Å². The SMILES string of the molecule is CC[C@H](C)[C@@H]1NC(=O)[C@@H](CC(C)C)NC(=O)[C@@H]2C[C@H](C)CN2C(=O)[C@@H](NC(=O)[C@H](Cc2ccccc2)N(C)C(C)=O)COC(=O)[C@@H]2C[C@H](C)CN2C(=O)[C@@H]2C[C@@H](O)CN2C(=O)[C@@H]2CCCN2C(=O)[C@@H](CO)NC(=O)[C@H](Cc2ccc(O)cc2)NC1=O. The Kier molecular flexibility index (Phi) is 22.3. The number of nitrogens with one attached hydrogen (secondary N) is 5. The molecule has 5 heterocycles. The molecule has 5 aliphatic heterocycles. The number of aliphatic hydroxyl groups excluding tert-OH is 2. The van der Waals surface area contributed by atoms with Gasteiger partial charge in [0.2, 0.25) is 59.1 Å². The van der Waals surface area contributed by atoms with Crippen molar-refractivity contribution in [1.82, 2.24) is 51.1 Å². The molecule has 10 amide bonds. The molecule has 2 aromatic carbocycles. The number of aliphatic hydroxyl groups is 2. The Labute approximate surface area is 501 Å². The highest BCUT2D eigenvalue weighted by atomic mass is 16.5. The minimum Gasteiger partial charge on any atom is -0.508 e. The first kappa shape index (κ1) is 65.9. The zero-order valence-electron chi connectivity index (χ0n) is 50.4. The number of rotatable bonds is 12. The van der Waals surface area contributed by atoms with Gasteiger partial charge in [-0.25, -0.2) is 4.79 Å². The number of hydrogen-bond acceptors (Lipinski definition) is 15. The summed E-state index contributed by atoms with van der Waals surface area (Å²) in [6.45, 7) is 10.0. The summed E-state index contributed by atoms with van der Waals surface area (Å²) in [5.41, 5.74) is 1.15. The number of carbonyl (C=O) groups excluding carboxylic acids is 11. The molecule has 2 aromatic rings. The summed E-state index contributed by atoms with van der Waals surface area (Å²) in [5.74, 6) is -9.95. The second-order valence-corrected chi connectivity index (χ2v) is 24.5. The molecule has 0 aromatic heterocycles. The second kappa shape index (κ2) is 29.1. The number of esters is 1. The van der Waals surface area contributed by atoms with Crippen molar-refractivity contribution < 1.29 is 72.8 Å². The maximum absolute atomic E-state index is 15.2. The third-order valence-corrected chi connectivity index (χ3v) is 17.3. The van der Waals surface area contributed by atoms with Crippen molar-refractivity contribution in [3.05, 3.63) is 65.7 Å². The van der Waals surface area contributed by atoms with Gasteiger partial charge in [-0.15, -0.1) is 0 Å². The molecular formula is C61H86N10O15. The smallest absolute Gasteiger partial charge is 0.328 e. The van der Waals surface area contributed by atoms with E-state index in [0.717, 1.165) is 0 Å². The summed E-state index contributed by atoms with van der Waals surface area (Å²) < 4.78 is 5.94. The van der Waals surface area contributed by atoms with Crippen LogP contribution in [0.2, 0.25) is 0 Å². The topological polar surface area (TPSA) is 334 Å². The molecule has 5 saturated heterocycles. The molecule has 0 bridgehead atoms. The van der Waals surface area contributed by atoms with E-state index in [4.69, 9.17) is 4.74 Å². The Morgan fingerprint density at radius 1 is 0.686 bits per heavy atom. The summed E-state index contributed by atoms with van der Waals surface area (Å²) in [7, 11) is 1.43. The predicted molar refractivity (Wildman–Crippen MR) is 310 cm³/mol. The van der Waals surface area contributed by atoms with E-state index in [0.29, 0.717) is 24.0 Å². The van der Waals surface area contributed by atoms with Gasteiger partial charge in [0.1, 0.15) is 72.8 Å². The quantitative estimate of drug-likeness (QED) is 0.125. The second-order valence-electron chi connectivity index (χ2n) is 24.5. The van der Waals surface area contributed by atoms with E-state index in [1.165, 1.54) is 62.7 Å². The van der Waals surface area contributed by atoms with Crippen LogP contribution in [0.15, 0.2) is 54.6 Å². The number of fused-ring (bicyclic) bond motifs is 4. The van der Waals surface area contributed by atoms with Gasteiger partial charge < -0.3 is 71.1 Å². The summed E-state index contributed by atoms with van der Waals surface area (Å²) in [5, 5.41) is 45.6. The molecule has 0 unspecified atom stereocenters. The third-order valence-electron chi connectivity index (χ3n) is 17.3. The molecule has 86 heavy (non-hydrogen) atoms. The average molecular weight is 1200 g/mol. The van der Waals surface area contributed by atoms with E-state index >= 15 is 4.79 Å². The molecule has 14 atom stereocenters. The highest BCUT2D eigenvalue weighted by Gasteiger charge is 2.51. The van der Waals surface area contributed by atoms with Gasteiger partial charge >= 0.3 is 5.97 Å². The van der Waals surface area contributed by atoms with Crippen LogP contribution in [0.25, 0.3) is 0 Å².